The third kappa shape index (κ3) is 4.99. The Hall–Kier alpha value is -2.78. The topological polar surface area (TPSA) is 84.4 Å². The molecule has 3 amide bonds. The van der Waals surface area contributed by atoms with Crippen molar-refractivity contribution in [2.75, 3.05) is 49.6 Å². The molecule has 3 aliphatic heterocycles. The van der Waals surface area contributed by atoms with Gasteiger partial charge in [0.1, 0.15) is 6.04 Å². The number of aliphatic hydroxyl groups is 1. The molecule has 0 aliphatic carbocycles. The van der Waals surface area contributed by atoms with Gasteiger partial charge in [-0.2, -0.15) is 0 Å². The summed E-state index contributed by atoms with van der Waals surface area (Å²) < 4.78 is -0.753. The lowest BCUT2D eigenvalue weighted by molar-refractivity contribution is -0.145. The minimum atomic E-state index is -0.799. The lowest BCUT2D eigenvalue weighted by atomic mass is 9.65. The lowest BCUT2D eigenvalue weighted by Crippen LogP contribution is -2.59. The number of rotatable bonds is 13. The number of likely N-dealkylation sites (N-methyl/N-ethyl adjacent to an activating group) is 1. The molecule has 0 saturated carbocycles. The monoisotopic (exact) mass is 582 g/mol. The molecule has 3 saturated heterocycles. The zero-order valence-corrected chi connectivity index (χ0v) is 26.0. The molecule has 2 bridgehead atoms. The normalized spacial score (nSPS) is 28.8. The maximum atomic E-state index is 14.8. The van der Waals surface area contributed by atoms with Crippen LogP contribution >= 0.6 is 11.8 Å². The lowest BCUT2D eigenvalue weighted by Gasteiger charge is -2.42. The molecule has 41 heavy (non-hydrogen) atoms. The molecule has 3 aliphatic rings. The molecule has 1 aromatic rings. The summed E-state index contributed by atoms with van der Waals surface area (Å²) in [6.45, 7) is 18.1. The summed E-state index contributed by atoms with van der Waals surface area (Å²) in [5.41, 5.74) is 1.81. The summed E-state index contributed by atoms with van der Waals surface area (Å²) in [5.74, 6) is -1.53. The van der Waals surface area contributed by atoms with Crippen molar-refractivity contribution in [3.8, 4) is 0 Å². The van der Waals surface area contributed by atoms with Crippen LogP contribution in [0.5, 0.6) is 0 Å². The Morgan fingerprint density at radius 2 is 1.71 bits per heavy atom. The highest BCUT2D eigenvalue weighted by atomic mass is 32.2. The number of anilines is 2. The summed E-state index contributed by atoms with van der Waals surface area (Å²) in [6, 6.07) is 6.64. The zero-order chi connectivity index (χ0) is 30.1. The van der Waals surface area contributed by atoms with Gasteiger partial charge >= 0.3 is 0 Å². The van der Waals surface area contributed by atoms with E-state index >= 15 is 0 Å². The Morgan fingerprint density at radius 3 is 2.24 bits per heavy atom. The molecule has 1 spiro atoms. The molecule has 0 radical (unpaired) electrons. The van der Waals surface area contributed by atoms with Gasteiger partial charge in [-0.3, -0.25) is 14.4 Å². The van der Waals surface area contributed by atoms with E-state index in [-0.39, 0.29) is 42.0 Å². The largest absolute Gasteiger partial charge is 0.394 e. The second-order valence-corrected chi connectivity index (χ2v) is 13.0. The molecule has 8 nitrogen and oxygen atoms in total. The third-order valence-corrected chi connectivity index (χ3v) is 11.5. The standard InChI is InChI=1S/C32H46N4O4S/c1-8-17-33(7)29(38)26-25-19-21(6)32(41-25)27(26)30(39)36(22(10-3)20-37)28(32)31(40)35(18-9-2)24-15-13-23(14-16-24)34(11-4)12-5/h8-9,13-16,21-22,25-28,37H,1-2,10-12,17-20H2,3-7H3/t21?,22-,25+,26-,27-,28?,32?/m0/s1. The zero-order valence-electron chi connectivity index (χ0n) is 25.2. The molecule has 1 N–H and O–H groups in total. The van der Waals surface area contributed by atoms with Gasteiger partial charge in [0.15, 0.2) is 0 Å². The van der Waals surface area contributed by atoms with E-state index in [9.17, 15) is 19.5 Å². The van der Waals surface area contributed by atoms with Crippen LogP contribution in [-0.2, 0) is 14.4 Å². The van der Waals surface area contributed by atoms with E-state index in [1.165, 1.54) is 0 Å². The van der Waals surface area contributed by atoms with Crippen LogP contribution in [-0.4, -0.2) is 94.5 Å². The third-order valence-electron chi connectivity index (χ3n) is 9.42. The molecule has 1 aromatic carbocycles. The SMILES string of the molecule is C=CCN(C)C(=O)[C@@H]1[C@H]2C(=O)N([C@@H](CC)CO)C(C(=O)N(CC=C)c3ccc(N(CC)CC)cc3)C23S[C@@H]1CC3C. The average Bonchev–Trinajstić information content (AvgIpc) is 3.57. The van der Waals surface area contributed by atoms with E-state index in [0.717, 1.165) is 30.9 Å². The van der Waals surface area contributed by atoms with Crippen molar-refractivity contribution in [1.82, 2.24) is 9.80 Å². The Morgan fingerprint density at radius 1 is 1.10 bits per heavy atom. The Balaban J connectivity index is 1.80. The fourth-order valence-electron chi connectivity index (χ4n) is 7.40. The summed E-state index contributed by atoms with van der Waals surface area (Å²) >= 11 is 1.66. The number of benzene rings is 1. The Kier molecular flexibility index (Phi) is 9.59. The van der Waals surface area contributed by atoms with Crippen molar-refractivity contribution < 1.29 is 19.5 Å². The smallest absolute Gasteiger partial charge is 0.251 e. The first kappa shape index (κ1) is 31.2. The number of thioether (sulfide) groups is 1. The van der Waals surface area contributed by atoms with Crippen LogP contribution in [0.1, 0.15) is 40.5 Å². The predicted molar refractivity (Wildman–Crippen MR) is 167 cm³/mol. The molecule has 224 valence electrons. The van der Waals surface area contributed by atoms with Gasteiger partial charge < -0.3 is 24.7 Å². The molecule has 7 atom stereocenters. The number of carbonyl (C=O) groups is 3. The van der Waals surface area contributed by atoms with Crippen LogP contribution in [0.4, 0.5) is 11.4 Å². The number of aliphatic hydroxyl groups excluding tert-OH is 1. The van der Waals surface area contributed by atoms with Crippen LogP contribution < -0.4 is 9.80 Å². The quantitative estimate of drug-likeness (QED) is 0.356. The molecule has 4 rings (SSSR count). The minimum Gasteiger partial charge on any atom is -0.394 e. The molecule has 3 unspecified atom stereocenters. The number of fused-ring (bicyclic) bond motifs is 1. The van der Waals surface area contributed by atoms with E-state index < -0.39 is 28.7 Å². The number of hydrogen-bond acceptors (Lipinski definition) is 6. The molecule has 9 heteroatoms. The van der Waals surface area contributed by atoms with Crippen LogP contribution in [0.3, 0.4) is 0 Å². The average molecular weight is 583 g/mol. The van der Waals surface area contributed by atoms with Gasteiger partial charge in [0.05, 0.1) is 29.2 Å². The van der Waals surface area contributed by atoms with Gasteiger partial charge in [-0.05, 0) is 56.9 Å². The fourth-order valence-corrected chi connectivity index (χ4v) is 9.79. The van der Waals surface area contributed by atoms with Crippen LogP contribution in [0.15, 0.2) is 49.6 Å². The van der Waals surface area contributed by atoms with Crippen LogP contribution in [0, 0.1) is 17.8 Å². The van der Waals surface area contributed by atoms with Crippen molar-refractivity contribution in [3.63, 3.8) is 0 Å². The van der Waals surface area contributed by atoms with E-state index in [0.29, 0.717) is 13.0 Å². The van der Waals surface area contributed by atoms with Crippen molar-refractivity contribution in [2.24, 2.45) is 17.8 Å². The van der Waals surface area contributed by atoms with Crippen molar-refractivity contribution >= 4 is 40.9 Å². The number of nitrogens with zero attached hydrogens (tertiary/aromatic N) is 4. The first-order valence-electron chi connectivity index (χ1n) is 14.9. The van der Waals surface area contributed by atoms with Crippen LogP contribution in [0.25, 0.3) is 0 Å². The van der Waals surface area contributed by atoms with Crippen molar-refractivity contribution in [3.05, 3.63) is 49.6 Å². The van der Waals surface area contributed by atoms with Gasteiger partial charge in [-0.15, -0.1) is 24.9 Å². The fraction of sp³-hybridized carbons (Fsp3) is 0.594. The van der Waals surface area contributed by atoms with Crippen molar-refractivity contribution in [1.29, 1.82) is 0 Å². The van der Waals surface area contributed by atoms with Gasteiger partial charge in [0, 0.05) is 49.9 Å². The highest BCUT2D eigenvalue weighted by Gasteiger charge is 2.76. The maximum Gasteiger partial charge on any atom is 0.251 e. The number of amides is 3. The van der Waals surface area contributed by atoms with Gasteiger partial charge in [-0.25, -0.2) is 0 Å². The number of hydrogen-bond donors (Lipinski definition) is 1. The van der Waals surface area contributed by atoms with E-state index in [1.807, 2.05) is 31.2 Å². The summed E-state index contributed by atoms with van der Waals surface area (Å²) in [5, 5.41) is 10.4. The highest BCUT2D eigenvalue weighted by Crippen LogP contribution is 2.69. The molecular weight excluding hydrogens is 536 g/mol. The van der Waals surface area contributed by atoms with E-state index in [1.54, 1.807) is 45.7 Å². The molecule has 3 fully saturated rings. The summed E-state index contributed by atoms with van der Waals surface area (Å²) in [6.07, 6.45) is 4.66. The Labute approximate surface area is 249 Å². The van der Waals surface area contributed by atoms with Gasteiger partial charge in [0.25, 0.3) is 5.91 Å². The molecule has 0 aromatic heterocycles. The Bertz CT molecular complexity index is 1150. The first-order valence-corrected chi connectivity index (χ1v) is 15.8. The highest BCUT2D eigenvalue weighted by molar-refractivity contribution is 8.02. The van der Waals surface area contributed by atoms with E-state index in [2.05, 4.69) is 38.8 Å². The van der Waals surface area contributed by atoms with Crippen LogP contribution in [0.2, 0.25) is 0 Å². The first-order chi connectivity index (χ1) is 19.7. The number of carbonyl (C=O) groups excluding carboxylic acids is 3. The minimum absolute atomic E-state index is 0.0356. The number of likely N-dealkylation sites (tertiary alicyclic amines) is 1. The van der Waals surface area contributed by atoms with E-state index in [4.69, 9.17) is 0 Å². The molecule has 3 heterocycles. The molecular formula is C32H46N4O4S. The second-order valence-electron chi connectivity index (χ2n) is 11.5. The predicted octanol–water partition coefficient (Wildman–Crippen LogP) is 3.80. The van der Waals surface area contributed by atoms with Crippen molar-refractivity contribution in [2.45, 2.75) is 62.6 Å². The maximum absolute atomic E-state index is 14.8. The summed E-state index contributed by atoms with van der Waals surface area (Å²) in [4.78, 5) is 50.2. The summed E-state index contributed by atoms with van der Waals surface area (Å²) in [7, 11) is 1.74. The van der Waals surface area contributed by atoms with Gasteiger partial charge in [0.2, 0.25) is 11.8 Å². The second kappa shape index (κ2) is 12.6. The van der Waals surface area contributed by atoms with Gasteiger partial charge in [-0.1, -0.05) is 26.0 Å².